The summed E-state index contributed by atoms with van der Waals surface area (Å²) in [5, 5.41) is 3.08. The summed E-state index contributed by atoms with van der Waals surface area (Å²) in [4.78, 5) is 15.4. The standard InChI is InChI=1S/C23H37N3O3S/c1-3-21-7-4-5-15-25(21)16-6-14-24-23(27)20-12-17-26(18-13-20)30(28,29)22-10-8-19(2)9-11-22/h8-11,20-21H,3-7,12-18H2,1-2H3,(H,24,27)/t21-/m1/s1. The number of sulfonamides is 1. The van der Waals surface area contributed by atoms with Gasteiger partial charge >= 0.3 is 0 Å². The van der Waals surface area contributed by atoms with Gasteiger partial charge in [-0.1, -0.05) is 31.0 Å². The Bertz CT molecular complexity index is 786. The molecular formula is C23H37N3O3S. The second-order valence-corrected chi connectivity index (χ2v) is 10.7. The van der Waals surface area contributed by atoms with Crippen LogP contribution in [0.5, 0.6) is 0 Å². The summed E-state index contributed by atoms with van der Waals surface area (Å²) in [5.74, 6) is -0.0130. The third kappa shape index (κ3) is 5.83. The zero-order chi connectivity index (χ0) is 21.6. The molecule has 0 radical (unpaired) electrons. The second kappa shape index (κ2) is 10.7. The van der Waals surface area contributed by atoms with Crippen molar-refractivity contribution >= 4 is 15.9 Å². The fourth-order valence-corrected chi connectivity index (χ4v) is 6.14. The van der Waals surface area contributed by atoms with Crippen LogP contribution in [0.4, 0.5) is 0 Å². The lowest BCUT2D eigenvalue weighted by atomic mass is 9.97. The average molecular weight is 436 g/mol. The Morgan fingerprint density at radius 2 is 1.77 bits per heavy atom. The number of benzene rings is 1. The first-order valence-electron chi connectivity index (χ1n) is 11.5. The Kier molecular flexibility index (Phi) is 8.31. The van der Waals surface area contributed by atoms with Crippen LogP contribution in [0.25, 0.3) is 0 Å². The van der Waals surface area contributed by atoms with Crippen LogP contribution >= 0.6 is 0 Å². The highest BCUT2D eigenvalue weighted by Crippen LogP contribution is 2.24. The van der Waals surface area contributed by atoms with Gasteiger partial charge in [-0.05, 0) is 64.1 Å². The van der Waals surface area contributed by atoms with Gasteiger partial charge in [-0.2, -0.15) is 4.31 Å². The van der Waals surface area contributed by atoms with Crippen LogP contribution in [0.1, 0.15) is 57.4 Å². The van der Waals surface area contributed by atoms with Crippen LogP contribution in [0.2, 0.25) is 0 Å². The van der Waals surface area contributed by atoms with Gasteiger partial charge < -0.3 is 10.2 Å². The van der Waals surface area contributed by atoms with Gasteiger partial charge in [-0.3, -0.25) is 4.79 Å². The number of nitrogens with zero attached hydrogens (tertiary/aromatic N) is 2. The summed E-state index contributed by atoms with van der Waals surface area (Å²) in [6, 6.07) is 7.66. The molecule has 1 aromatic carbocycles. The van der Waals surface area contributed by atoms with E-state index in [1.165, 1.54) is 36.5 Å². The van der Waals surface area contributed by atoms with E-state index in [0.717, 1.165) is 18.5 Å². The van der Waals surface area contributed by atoms with Crippen LogP contribution in [0.15, 0.2) is 29.2 Å². The maximum atomic E-state index is 12.8. The first-order valence-corrected chi connectivity index (χ1v) is 12.9. The Morgan fingerprint density at radius 1 is 1.07 bits per heavy atom. The Labute approximate surface area is 182 Å². The number of hydrogen-bond acceptors (Lipinski definition) is 4. The predicted octanol–water partition coefficient (Wildman–Crippen LogP) is 3.17. The van der Waals surface area contributed by atoms with Crippen molar-refractivity contribution in [1.82, 2.24) is 14.5 Å². The van der Waals surface area contributed by atoms with Crippen molar-refractivity contribution < 1.29 is 13.2 Å². The van der Waals surface area contributed by atoms with Crippen LogP contribution in [0, 0.1) is 12.8 Å². The lowest BCUT2D eigenvalue weighted by Crippen LogP contribution is -2.44. The lowest BCUT2D eigenvalue weighted by molar-refractivity contribution is -0.126. The highest BCUT2D eigenvalue weighted by Gasteiger charge is 2.32. The molecule has 2 aliphatic rings. The first kappa shape index (κ1) is 23.2. The van der Waals surface area contributed by atoms with Gasteiger partial charge in [0.25, 0.3) is 0 Å². The molecule has 2 saturated heterocycles. The number of carbonyl (C=O) groups excluding carboxylic acids is 1. The largest absolute Gasteiger partial charge is 0.356 e. The molecule has 1 N–H and O–H groups in total. The number of piperidine rings is 2. The van der Waals surface area contributed by atoms with E-state index < -0.39 is 10.0 Å². The Morgan fingerprint density at radius 3 is 2.43 bits per heavy atom. The molecule has 168 valence electrons. The third-order valence-electron chi connectivity index (χ3n) is 6.63. The summed E-state index contributed by atoms with van der Waals surface area (Å²) in [7, 11) is -3.47. The fraction of sp³-hybridized carbons (Fsp3) is 0.696. The molecule has 3 rings (SSSR count). The molecule has 0 spiro atoms. The molecule has 1 aromatic rings. The van der Waals surface area contributed by atoms with Gasteiger partial charge in [0.2, 0.25) is 15.9 Å². The van der Waals surface area contributed by atoms with E-state index in [4.69, 9.17) is 0 Å². The average Bonchev–Trinajstić information content (AvgIpc) is 2.77. The minimum atomic E-state index is -3.47. The van der Waals surface area contributed by atoms with Crippen LogP contribution in [0.3, 0.4) is 0 Å². The molecule has 0 aromatic heterocycles. The lowest BCUT2D eigenvalue weighted by Gasteiger charge is -2.35. The van der Waals surface area contributed by atoms with Gasteiger partial charge in [0.05, 0.1) is 4.90 Å². The van der Waals surface area contributed by atoms with Gasteiger partial charge in [0, 0.05) is 38.1 Å². The molecule has 30 heavy (non-hydrogen) atoms. The molecule has 2 heterocycles. The smallest absolute Gasteiger partial charge is 0.243 e. The molecule has 0 aliphatic carbocycles. The molecule has 0 saturated carbocycles. The number of likely N-dealkylation sites (tertiary alicyclic amines) is 1. The quantitative estimate of drug-likeness (QED) is 0.637. The number of hydrogen-bond donors (Lipinski definition) is 1. The summed E-state index contributed by atoms with van der Waals surface area (Å²) in [6.45, 7) is 7.94. The monoisotopic (exact) mass is 435 g/mol. The number of amides is 1. The summed E-state index contributed by atoms with van der Waals surface area (Å²) in [6.07, 6.45) is 7.27. The van der Waals surface area contributed by atoms with Crippen molar-refractivity contribution in [2.45, 2.75) is 69.7 Å². The van der Waals surface area contributed by atoms with Crippen molar-refractivity contribution in [2.75, 3.05) is 32.7 Å². The van der Waals surface area contributed by atoms with E-state index in [9.17, 15) is 13.2 Å². The minimum Gasteiger partial charge on any atom is -0.356 e. The van der Waals surface area contributed by atoms with Crippen molar-refractivity contribution in [2.24, 2.45) is 5.92 Å². The normalized spacial score (nSPS) is 22.1. The fourth-order valence-electron chi connectivity index (χ4n) is 4.67. The first-order chi connectivity index (χ1) is 14.4. The highest BCUT2D eigenvalue weighted by molar-refractivity contribution is 7.89. The van der Waals surface area contributed by atoms with E-state index in [0.29, 0.717) is 43.4 Å². The summed E-state index contributed by atoms with van der Waals surface area (Å²) in [5.41, 5.74) is 1.04. The number of carbonyl (C=O) groups is 1. The van der Waals surface area contributed by atoms with E-state index in [1.807, 2.05) is 19.1 Å². The van der Waals surface area contributed by atoms with E-state index >= 15 is 0 Å². The molecular weight excluding hydrogens is 398 g/mol. The summed E-state index contributed by atoms with van der Waals surface area (Å²) < 4.78 is 27.1. The molecule has 1 amide bonds. The zero-order valence-electron chi connectivity index (χ0n) is 18.5. The topological polar surface area (TPSA) is 69.7 Å². The molecule has 2 aliphatic heterocycles. The van der Waals surface area contributed by atoms with Gasteiger partial charge in [-0.15, -0.1) is 0 Å². The number of nitrogens with one attached hydrogen (secondary N) is 1. The van der Waals surface area contributed by atoms with Crippen molar-refractivity contribution in [3.8, 4) is 0 Å². The van der Waals surface area contributed by atoms with E-state index in [2.05, 4.69) is 17.1 Å². The Balaban J connectivity index is 1.40. The van der Waals surface area contributed by atoms with E-state index in [1.54, 1.807) is 12.1 Å². The number of rotatable bonds is 8. The van der Waals surface area contributed by atoms with Crippen LogP contribution in [-0.4, -0.2) is 62.3 Å². The van der Waals surface area contributed by atoms with Crippen LogP contribution in [-0.2, 0) is 14.8 Å². The minimum absolute atomic E-state index is 0.0769. The SMILES string of the molecule is CC[C@@H]1CCCCN1CCCNC(=O)C1CCN(S(=O)(=O)c2ccc(C)cc2)CC1. The van der Waals surface area contributed by atoms with Crippen LogP contribution < -0.4 is 5.32 Å². The van der Waals surface area contributed by atoms with Crippen molar-refractivity contribution in [3.63, 3.8) is 0 Å². The maximum Gasteiger partial charge on any atom is 0.243 e. The molecule has 6 nitrogen and oxygen atoms in total. The van der Waals surface area contributed by atoms with Crippen molar-refractivity contribution in [1.29, 1.82) is 0 Å². The number of aryl methyl sites for hydroxylation is 1. The second-order valence-electron chi connectivity index (χ2n) is 8.73. The third-order valence-corrected chi connectivity index (χ3v) is 8.54. The molecule has 0 bridgehead atoms. The van der Waals surface area contributed by atoms with Gasteiger partial charge in [0.1, 0.15) is 0 Å². The van der Waals surface area contributed by atoms with Crippen molar-refractivity contribution in [3.05, 3.63) is 29.8 Å². The Hall–Kier alpha value is -1.44. The van der Waals surface area contributed by atoms with Gasteiger partial charge in [-0.25, -0.2) is 8.42 Å². The molecule has 2 fully saturated rings. The predicted molar refractivity (Wildman–Crippen MR) is 120 cm³/mol. The van der Waals surface area contributed by atoms with Gasteiger partial charge in [0.15, 0.2) is 0 Å². The maximum absolute atomic E-state index is 12.8. The summed E-state index contributed by atoms with van der Waals surface area (Å²) >= 11 is 0. The van der Waals surface area contributed by atoms with E-state index in [-0.39, 0.29) is 11.8 Å². The molecule has 1 atom stereocenters. The zero-order valence-corrected chi connectivity index (χ0v) is 19.3. The highest BCUT2D eigenvalue weighted by atomic mass is 32.2. The molecule has 7 heteroatoms. The molecule has 0 unspecified atom stereocenters.